The van der Waals surface area contributed by atoms with Gasteiger partial charge >= 0.3 is 0 Å². The van der Waals surface area contributed by atoms with Gasteiger partial charge in [-0.05, 0) is 50.4 Å². The van der Waals surface area contributed by atoms with Crippen molar-refractivity contribution in [1.29, 1.82) is 5.26 Å². The second kappa shape index (κ2) is 11.5. The summed E-state index contributed by atoms with van der Waals surface area (Å²) in [5.74, 6) is 3.25. The molecule has 0 radical (unpaired) electrons. The minimum Gasteiger partial charge on any atom is -0.493 e. The van der Waals surface area contributed by atoms with Crippen LogP contribution in [0.4, 0.5) is 0 Å². The molecule has 2 aromatic carbocycles. The van der Waals surface area contributed by atoms with E-state index in [1.807, 2.05) is 13.8 Å². The Balaban J connectivity index is 1.62. The highest BCUT2D eigenvalue weighted by Crippen LogP contribution is 2.58. The SMILES string of the molecule is C=CCOc1c(C)c2c(c3c1CC1[C@H]4c5c(cc(C)c(OC)c5OCOC)C[C@@H](C(C#N)N1[C@H]3CN=[N+]=[N-])N4C)OCO2. The van der Waals surface area contributed by atoms with E-state index in [-0.39, 0.29) is 38.3 Å². The van der Waals surface area contributed by atoms with Gasteiger partial charge in [-0.15, -0.1) is 0 Å². The van der Waals surface area contributed by atoms with Gasteiger partial charge in [0.25, 0.3) is 0 Å². The van der Waals surface area contributed by atoms with Gasteiger partial charge < -0.3 is 28.4 Å². The summed E-state index contributed by atoms with van der Waals surface area (Å²) in [6.07, 6.45) is 2.89. The topological polar surface area (TPSA) is 134 Å². The summed E-state index contributed by atoms with van der Waals surface area (Å²) in [5.41, 5.74) is 15.2. The van der Waals surface area contributed by atoms with Crippen LogP contribution in [0.5, 0.6) is 28.7 Å². The molecule has 43 heavy (non-hydrogen) atoms. The predicted octanol–water partition coefficient (Wildman–Crippen LogP) is 4.67. The van der Waals surface area contributed by atoms with Crippen LogP contribution in [0, 0.1) is 25.2 Å². The van der Waals surface area contributed by atoms with Gasteiger partial charge in [0.15, 0.2) is 29.8 Å². The second-order valence-corrected chi connectivity index (χ2v) is 11.3. The average molecular weight is 589 g/mol. The minimum absolute atomic E-state index is 0.0614. The lowest BCUT2D eigenvalue weighted by atomic mass is 9.71. The van der Waals surface area contributed by atoms with Crippen LogP contribution in [0.3, 0.4) is 0 Å². The van der Waals surface area contributed by atoms with Gasteiger partial charge in [-0.25, -0.2) is 0 Å². The molecule has 1 saturated heterocycles. The molecule has 6 rings (SSSR count). The quantitative estimate of drug-likeness (QED) is 0.135. The maximum Gasteiger partial charge on any atom is 0.231 e. The monoisotopic (exact) mass is 588 g/mol. The van der Waals surface area contributed by atoms with Crippen molar-refractivity contribution in [3.05, 3.63) is 62.5 Å². The number of likely N-dealkylation sites (N-methyl/N-ethyl adjacent to an activating group) is 1. The van der Waals surface area contributed by atoms with Gasteiger partial charge in [0, 0.05) is 58.9 Å². The van der Waals surface area contributed by atoms with Gasteiger partial charge in [-0.3, -0.25) is 9.80 Å². The van der Waals surface area contributed by atoms with Crippen molar-refractivity contribution < 1.29 is 28.4 Å². The van der Waals surface area contributed by atoms with Gasteiger partial charge in [0.1, 0.15) is 18.4 Å². The molecule has 226 valence electrons. The number of rotatable bonds is 9. The molecule has 4 aliphatic heterocycles. The second-order valence-electron chi connectivity index (χ2n) is 11.3. The fraction of sp³-hybridized carbons (Fsp3) is 0.516. The number of nitriles is 1. The minimum atomic E-state index is -0.492. The van der Waals surface area contributed by atoms with Crippen LogP contribution in [-0.4, -0.2) is 75.9 Å². The Bertz CT molecular complexity index is 1550. The van der Waals surface area contributed by atoms with E-state index in [0.717, 1.165) is 33.4 Å². The highest BCUT2D eigenvalue weighted by atomic mass is 16.7. The highest BCUT2D eigenvalue weighted by Gasteiger charge is 2.56. The first-order chi connectivity index (χ1) is 20.9. The Morgan fingerprint density at radius 1 is 1.14 bits per heavy atom. The lowest BCUT2D eigenvalue weighted by Crippen LogP contribution is -2.68. The van der Waals surface area contributed by atoms with Crippen LogP contribution in [0.25, 0.3) is 10.4 Å². The van der Waals surface area contributed by atoms with Crippen molar-refractivity contribution in [3.63, 3.8) is 0 Å². The molecule has 0 spiro atoms. The summed E-state index contributed by atoms with van der Waals surface area (Å²) in [4.78, 5) is 7.65. The third-order valence-corrected chi connectivity index (χ3v) is 9.23. The van der Waals surface area contributed by atoms with Crippen molar-refractivity contribution in [3.8, 4) is 34.8 Å². The predicted molar refractivity (Wildman–Crippen MR) is 157 cm³/mol. The van der Waals surface area contributed by atoms with E-state index in [4.69, 9.17) is 28.4 Å². The highest BCUT2D eigenvalue weighted by molar-refractivity contribution is 5.66. The molecule has 1 fully saturated rings. The van der Waals surface area contributed by atoms with Crippen LogP contribution >= 0.6 is 0 Å². The molecule has 2 aromatic rings. The fourth-order valence-corrected chi connectivity index (χ4v) is 7.70. The summed E-state index contributed by atoms with van der Waals surface area (Å²) >= 11 is 0. The summed E-state index contributed by atoms with van der Waals surface area (Å²) < 4.78 is 35.7. The Labute approximate surface area is 250 Å². The number of methoxy groups -OCH3 is 2. The van der Waals surface area contributed by atoms with Crippen LogP contribution in [0.15, 0.2) is 23.8 Å². The van der Waals surface area contributed by atoms with E-state index in [1.54, 1.807) is 20.3 Å². The van der Waals surface area contributed by atoms with Crippen LogP contribution in [0.1, 0.15) is 45.5 Å². The Hall–Kier alpha value is -4.14. The van der Waals surface area contributed by atoms with E-state index in [0.29, 0.717) is 48.2 Å². The van der Waals surface area contributed by atoms with Crippen LogP contribution in [-0.2, 0) is 17.6 Å². The van der Waals surface area contributed by atoms with Gasteiger partial charge in [-0.2, -0.15) is 5.26 Å². The van der Waals surface area contributed by atoms with Crippen molar-refractivity contribution >= 4 is 0 Å². The zero-order valence-electron chi connectivity index (χ0n) is 25.1. The summed E-state index contributed by atoms with van der Waals surface area (Å²) in [6.45, 7) is 8.36. The summed E-state index contributed by atoms with van der Waals surface area (Å²) in [5, 5.41) is 14.8. The number of hydrogen-bond donors (Lipinski definition) is 0. The van der Waals surface area contributed by atoms with Crippen LogP contribution in [0.2, 0.25) is 0 Å². The van der Waals surface area contributed by atoms with E-state index >= 15 is 0 Å². The van der Waals surface area contributed by atoms with Gasteiger partial charge in [-0.1, -0.05) is 23.8 Å². The van der Waals surface area contributed by atoms with Crippen molar-refractivity contribution in [1.82, 2.24) is 9.80 Å². The third kappa shape index (κ3) is 4.34. The summed E-state index contributed by atoms with van der Waals surface area (Å²) in [7, 11) is 5.31. The molecular formula is C31H36N6O6. The zero-order chi connectivity index (χ0) is 30.4. The number of nitrogens with zero attached hydrogens (tertiary/aromatic N) is 6. The van der Waals surface area contributed by atoms with E-state index in [9.17, 15) is 10.8 Å². The number of fused-ring (bicyclic) bond motifs is 9. The molecule has 5 atom stereocenters. The number of hydrogen-bond acceptors (Lipinski definition) is 10. The standard InChI is InChI=1S/C31H36N6O6/c1-7-8-40-28-17(3)29-31(43-15-42-29)25-19(28)11-21-26-24-18(9-16(2)27(39-6)30(24)41-14-38-5)10-20(36(26)4)22(12-32)37(21)23(25)13-34-35-33/h7,9,20-23,26H,1,8,10-11,13-15H2,2-6H3/t20-,21?,22?,23-,26-/m0/s1. The third-order valence-electron chi connectivity index (χ3n) is 9.23. The Morgan fingerprint density at radius 3 is 2.63 bits per heavy atom. The lowest BCUT2D eigenvalue weighted by Gasteiger charge is -2.60. The number of aryl methyl sites for hydroxylation is 1. The number of benzene rings is 2. The first-order valence-electron chi connectivity index (χ1n) is 14.3. The van der Waals surface area contributed by atoms with Gasteiger partial charge in [0.2, 0.25) is 6.79 Å². The molecule has 4 aliphatic rings. The number of azide groups is 1. The van der Waals surface area contributed by atoms with Gasteiger partial charge in [0.05, 0.1) is 19.2 Å². The summed E-state index contributed by atoms with van der Waals surface area (Å²) in [6, 6.07) is 3.33. The molecule has 12 heteroatoms. The number of piperazine rings is 1. The van der Waals surface area contributed by atoms with Crippen molar-refractivity contribution in [2.75, 3.05) is 48.0 Å². The van der Waals surface area contributed by atoms with Crippen LogP contribution < -0.4 is 23.7 Å². The number of ether oxygens (including phenoxy) is 6. The largest absolute Gasteiger partial charge is 0.493 e. The Morgan fingerprint density at radius 2 is 1.93 bits per heavy atom. The molecule has 12 nitrogen and oxygen atoms in total. The maximum atomic E-state index is 10.7. The first-order valence-corrected chi connectivity index (χ1v) is 14.3. The van der Waals surface area contributed by atoms with Crippen molar-refractivity contribution in [2.45, 2.75) is 56.9 Å². The normalized spacial score (nSPS) is 25.0. The molecule has 0 amide bonds. The molecule has 2 bridgehead atoms. The molecule has 4 heterocycles. The average Bonchev–Trinajstić information content (AvgIpc) is 3.49. The molecule has 0 saturated carbocycles. The molecular weight excluding hydrogens is 552 g/mol. The smallest absolute Gasteiger partial charge is 0.231 e. The van der Waals surface area contributed by atoms with E-state index in [1.165, 1.54) is 0 Å². The van der Waals surface area contributed by atoms with Crippen molar-refractivity contribution in [2.24, 2.45) is 5.11 Å². The lowest BCUT2D eigenvalue weighted by molar-refractivity contribution is -0.0719. The molecule has 0 aromatic heterocycles. The first kappa shape index (κ1) is 29.0. The Kier molecular flexibility index (Phi) is 7.75. The maximum absolute atomic E-state index is 10.7. The zero-order valence-corrected chi connectivity index (χ0v) is 25.1. The molecule has 0 N–H and O–H groups in total. The van der Waals surface area contributed by atoms with E-state index < -0.39 is 12.1 Å². The molecule has 2 unspecified atom stereocenters. The van der Waals surface area contributed by atoms with E-state index in [2.05, 4.69) is 45.6 Å². The molecule has 0 aliphatic carbocycles. The fourth-order valence-electron chi connectivity index (χ4n) is 7.70.